The number of carbonyl (C=O) groups is 1. The van der Waals surface area contributed by atoms with E-state index in [1.807, 2.05) is 26.0 Å². The van der Waals surface area contributed by atoms with Crippen LogP contribution in [0.3, 0.4) is 0 Å². The summed E-state index contributed by atoms with van der Waals surface area (Å²) >= 11 is 0. The first-order valence-electron chi connectivity index (χ1n) is 9.17. The lowest BCUT2D eigenvalue weighted by atomic mass is 10.1. The average Bonchev–Trinajstić information content (AvgIpc) is 3.26. The maximum Gasteiger partial charge on any atom is 0.329 e. The minimum Gasteiger partial charge on any atom is -0.366 e. The molecular weight excluding hydrogens is 358 g/mol. The van der Waals surface area contributed by atoms with Crippen molar-refractivity contribution >= 4 is 23.4 Å². The van der Waals surface area contributed by atoms with Crippen LogP contribution in [0.15, 0.2) is 35.2 Å². The van der Waals surface area contributed by atoms with Gasteiger partial charge in [0.1, 0.15) is 5.76 Å². The van der Waals surface area contributed by atoms with Crippen molar-refractivity contribution in [2.24, 2.45) is 0 Å². The predicted octanol–water partition coefficient (Wildman–Crippen LogP) is 2.77. The fraction of sp³-hybridized carbons (Fsp3) is 0.316. The molecule has 0 spiro atoms. The van der Waals surface area contributed by atoms with Gasteiger partial charge in [-0.05, 0) is 32.4 Å². The Balaban J connectivity index is 1.57. The van der Waals surface area contributed by atoms with Crippen LogP contribution >= 0.6 is 0 Å². The number of rotatable bonds is 2. The monoisotopic (exact) mass is 377 g/mol. The molecule has 3 aromatic rings. The van der Waals surface area contributed by atoms with Crippen LogP contribution in [-0.2, 0) is 0 Å². The summed E-state index contributed by atoms with van der Waals surface area (Å²) in [4.78, 5) is 30.1. The zero-order valence-electron chi connectivity index (χ0n) is 15.6. The molecular formula is C19H19N7O2. The third kappa shape index (κ3) is 2.58. The first-order chi connectivity index (χ1) is 13.6. The molecule has 0 aromatic carbocycles. The minimum atomic E-state index is -0.253. The third-order valence-electron chi connectivity index (χ3n) is 5.26. The molecule has 1 fully saturated rings. The Kier molecular flexibility index (Phi) is 3.75. The SMILES string of the molecule is Cc1noc(C)c1-c1ccc2c(n1)N(C(=O)Nc1cnccn1)[C@H]1CCN2C1. The van der Waals surface area contributed by atoms with Gasteiger partial charge in [0.15, 0.2) is 11.6 Å². The number of amides is 2. The lowest BCUT2D eigenvalue weighted by molar-refractivity contribution is 0.254. The minimum absolute atomic E-state index is 0.0663. The normalized spacial score (nSPS) is 17.6. The van der Waals surface area contributed by atoms with Gasteiger partial charge in [0.05, 0.1) is 34.9 Å². The Labute approximate surface area is 161 Å². The van der Waals surface area contributed by atoms with Crippen LogP contribution < -0.4 is 15.1 Å². The Morgan fingerprint density at radius 3 is 2.93 bits per heavy atom. The van der Waals surface area contributed by atoms with Crippen molar-refractivity contribution in [1.29, 1.82) is 0 Å². The fourth-order valence-electron chi connectivity index (χ4n) is 3.99. The number of anilines is 3. The molecule has 2 bridgehead atoms. The van der Waals surface area contributed by atoms with Crippen LogP contribution in [0.5, 0.6) is 0 Å². The zero-order valence-corrected chi connectivity index (χ0v) is 15.6. The average molecular weight is 377 g/mol. The molecule has 3 aromatic heterocycles. The smallest absolute Gasteiger partial charge is 0.329 e. The molecule has 2 aliphatic heterocycles. The van der Waals surface area contributed by atoms with E-state index in [2.05, 4.69) is 25.3 Å². The second-order valence-electron chi connectivity index (χ2n) is 7.02. The predicted molar refractivity (Wildman–Crippen MR) is 103 cm³/mol. The molecule has 0 unspecified atom stereocenters. The van der Waals surface area contributed by atoms with Gasteiger partial charge >= 0.3 is 6.03 Å². The quantitative estimate of drug-likeness (QED) is 0.733. The van der Waals surface area contributed by atoms with Gasteiger partial charge < -0.3 is 9.42 Å². The summed E-state index contributed by atoms with van der Waals surface area (Å²) in [5.74, 6) is 1.77. The first kappa shape index (κ1) is 16.7. The maximum atomic E-state index is 13.1. The van der Waals surface area contributed by atoms with Crippen LogP contribution in [-0.4, -0.2) is 45.3 Å². The zero-order chi connectivity index (χ0) is 19.3. The van der Waals surface area contributed by atoms with E-state index in [1.54, 1.807) is 17.3 Å². The van der Waals surface area contributed by atoms with Gasteiger partial charge in [-0.2, -0.15) is 0 Å². The number of nitrogens with zero attached hydrogens (tertiary/aromatic N) is 6. The molecule has 1 atom stereocenters. The molecule has 9 nitrogen and oxygen atoms in total. The summed E-state index contributed by atoms with van der Waals surface area (Å²) in [5.41, 5.74) is 3.35. The summed E-state index contributed by atoms with van der Waals surface area (Å²) in [7, 11) is 0. The summed E-state index contributed by atoms with van der Waals surface area (Å²) in [6.07, 6.45) is 5.53. The van der Waals surface area contributed by atoms with E-state index in [4.69, 9.17) is 9.51 Å². The van der Waals surface area contributed by atoms with Crippen LogP contribution in [0, 0.1) is 13.8 Å². The Morgan fingerprint density at radius 1 is 1.29 bits per heavy atom. The molecule has 5 heterocycles. The number of aromatic nitrogens is 4. The molecule has 2 amide bonds. The van der Waals surface area contributed by atoms with E-state index in [0.717, 1.165) is 42.1 Å². The summed E-state index contributed by atoms with van der Waals surface area (Å²) in [5, 5.41) is 6.86. The largest absolute Gasteiger partial charge is 0.366 e. The number of fused-ring (bicyclic) bond motifs is 4. The number of pyridine rings is 1. The van der Waals surface area contributed by atoms with Crippen molar-refractivity contribution in [2.75, 3.05) is 28.2 Å². The van der Waals surface area contributed by atoms with Crippen molar-refractivity contribution in [1.82, 2.24) is 20.1 Å². The van der Waals surface area contributed by atoms with Gasteiger partial charge in [0.25, 0.3) is 0 Å². The van der Waals surface area contributed by atoms with Gasteiger partial charge in [-0.25, -0.2) is 14.8 Å². The highest BCUT2D eigenvalue weighted by Crippen LogP contribution is 2.41. The van der Waals surface area contributed by atoms with Crippen LogP contribution in [0.1, 0.15) is 17.9 Å². The molecule has 142 valence electrons. The van der Waals surface area contributed by atoms with Gasteiger partial charge in [0.2, 0.25) is 0 Å². The van der Waals surface area contributed by atoms with Crippen molar-refractivity contribution < 1.29 is 9.32 Å². The Morgan fingerprint density at radius 2 is 2.18 bits per heavy atom. The van der Waals surface area contributed by atoms with E-state index in [-0.39, 0.29) is 12.1 Å². The van der Waals surface area contributed by atoms with E-state index < -0.39 is 0 Å². The molecule has 5 rings (SSSR count). The van der Waals surface area contributed by atoms with Crippen molar-refractivity contribution in [3.63, 3.8) is 0 Å². The Bertz CT molecular complexity index is 1030. The van der Waals surface area contributed by atoms with Gasteiger partial charge in [-0.15, -0.1) is 0 Å². The second-order valence-corrected chi connectivity index (χ2v) is 7.02. The lowest BCUT2D eigenvalue weighted by Crippen LogP contribution is -2.48. The van der Waals surface area contributed by atoms with Crippen molar-refractivity contribution in [2.45, 2.75) is 26.3 Å². The molecule has 1 saturated heterocycles. The van der Waals surface area contributed by atoms with Crippen LogP contribution in [0.2, 0.25) is 0 Å². The topological polar surface area (TPSA) is 100 Å². The van der Waals surface area contributed by atoms with E-state index >= 15 is 0 Å². The van der Waals surface area contributed by atoms with Crippen molar-refractivity contribution in [3.05, 3.63) is 42.2 Å². The molecule has 0 saturated carbocycles. The molecule has 28 heavy (non-hydrogen) atoms. The van der Waals surface area contributed by atoms with E-state index in [0.29, 0.717) is 17.4 Å². The number of hydrogen-bond acceptors (Lipinski definition) is 7. The first-order valence-corrected chi connectivity index (χ1v) is 9.17. The van der Waals surface area contributed by atoms with E-state index in [1.165, 1.54) is 6.20 Å². The number of aryl methyl sites for hydroxylation is 2. The molecule has 1 N–H and O–H groups in total. The second kappa shape index (κ2) is 6.29. The number of carbonyl (C=O) groups excluding carboxylic acids is 1. The summed E-state index contributed by atoms with van der Waals surface area (Å²) in [6.45, 7) is 5.45. The third-order valence-corrected chi connectivity index (χ3v) is 5.26. The highest BCUT2D eigenvalue weighted by molar-refractivity contribution is 6.04. The molecule has 0 radical (unpaired) electrons. The molecule has 0 aliphatic carbocycles. The van der Waals surface area contributed by atoms with Crippen molar-refractivity contribution in [3.8, 4) is 11.3 Å². The van der Waals surface area contributed by atoms with Gasteiger partial charge in [-0.1, -0.05) is 5.16 Å². The molecule has 2 aliphatic rings. The number of nitrogens with one attached hydrogen (secondary N) is 1. The highest BCUT2D eigenvalue weighted by atomic mass is 16.5. The Hall–Kier alpha value is -3.49. The fourth-order valence-corrected chi connectivity index (χ4v) is 3.99. The van der Waals surface area contributed by atoms with Gasteiger partial charge in [-0.3, -0.25) is 15.2 Å². The van der Waals surface area contributed by atoms with Gasteiger partial charge in [0, 0.05) is 25.5 Å². The number of hydrogen-bond donors (Lipinski definition) is 1. The highest BCUT2D eigenvalue weighted by Gasteiger charge is 2.40. The van der Waals surface area contributed by atoms with Crippen LogP contribution in [0.4, 0.5) is 22.1 Å². The lowest BCUT2D eigenvalue weighted by Gasteiger charge is -2.35. The molecule has 9 heteroatoms. The van der Waals surface area contributed by atoms with Crippen LogP contribution in [0.25, 0.3) is 11.3 Å². The maximum absolute atomic E-state index is 13.1. The summed E-state index contributed by atoms with van der Waals surface area (Å²) in [6, 6.07) is 3.80. The summed E-state index contributed by atoms with van der Waals surface area (Å²) < 4.78 is 5.29. The standard InChI is InChI=1S/C19H19N7O2/c1-11-17(12(2)28-24-11)14-3-4-15-18(22-14)26(13-5-8-25(15)10-13)19(27)23-16-9-20-6-7-21-16/h3-4,6-7,9,13H,5,8,10H2,1-2H3,(H,21,23,27)/t13-/m0/s1. The van der Waals surface area contributed by atoms with E-state index in [9.17, 15) is 4.79 Å². The number of urea groups is 1.